The Balaban J connectivity index is 2.58. The summed E-state index contributed by atoms with van der Waals surface area (Å²) in [7, 11) is 0. The third-order valence-corrected chi connectivity index (χ3v) is 2.68. The van der Waals surface area contributed by atoms with E-state index in [-0.39, 0.29) is 17.6 Å². The van der Waals surface area contributed by atoms with Crippen molar-refractivity contribution in [3.63, 3.8) is 0 Å². The van der Waals surface area contributed by atoms with Gasteiger partial charge in [0, 0.05) is 6.54 Å². The molecule has 0 aromatic heterocycles. The van der Waals surface area contributed by atoms with E-state index in [0.29, 0.717) is 19.7 Å². The molecule has 1 heterocycles. The molecule has 1 aliphatic heterocycles. The molecule has 1 unspecified atom stereocenters. The maximum Gasteiger partial charge on any atom is 0.410 e. The number of carbonyl (C=O) groups is 1. The molecule has 0 spiro atoms. The highest BCUT2D eigenvalue weighted by molar-refractivity contribution is 5.68. The summed E-state index contributed by atoms with van der Waals surface area (Å²) < 4.78 is 11.1. The first-order chi connectivity index (χ1) is 7.59. The lowest BCUT2D eigenvalue weighted by molar-refractivity contribution is -0.0816. The number of hydrogen-bond acceptors (Lipinski definition) is 3. The Hall–Kier alpha value is -0.770. The van der Waals surface area contributed by atoms with E-state index in [4.69, 9.17) is 9.47 Å². The van der Waals surface area contributed by atoms with Crippen molar-refractivity contribution in [3.05, 3.63) is 0 Å². The molecule has 17 heavy (non-hydrogen) atoms. The van der Waals surface area contributed by atoms with Gasteiger partial charge in [0.2, 0.25) is 0 Å². The summed E-state index contributed by atoms with van der Waals surface area (Å²) in [4.78, 5) is 13.7. The number of morpholine rings is 1. The van der Waals surface area contributed by atoms with Crippen molar-refractivity contribution in [1.82, 2.24) is 4.90 Å². The minimum atomic E-state index is -0.438. The monoisotopic (exact) mass is 243 g/mol. The van der Waals surface area contributed by atoms with E-state index in [9.17, 15) is 4.79 Å². The van der Waals surface area contributed by atoms with Crippen LogP contribution in [0.2, 0.25) is 0 Å². The zero-order valence-electron chi connectivity index (χ0n) is 11.9. The van der Waals surface area contributed by atoms with Crippen LogP contribution >= 0.6 is 0 Å². The van der Waals surface area contributed by atoms with Crippen molar-refractivity contribution in [2.75, 3.05) is 19.7 Å². The van der Waals surface area contributed by atoms with E-state index >= 15 is 0 Å². The standard InChI is InChI=1S/C13H25NO3/c1-12(2,3)10-9-14(7-8-16-10)11(15)17-13(4,5)6/h10H,7-9H2,1-6H3. The molecule has 0 aliphatic carbocycles. The average Bonchev–Trinajstić information content (AvgIpc) is 2.14. The summed E-state index contributed by atoms with van der Waals surface area (Å²) in [6, 6.07) is 0. The van der Waals surface area contributed by atoms with Gasteiger partial charge in [0.05, 0.1) is 19.3 Å². The molecule has 1 rings (SSSR count). The first-order valence-electron chi connectivity index (χ1n) is 6.19. The molecule has 0 aromatic carbocycles. The molecule has 0 radical (unpaired) electrons. The number of hydrogen-bond donors (Lipinski definition) is 0. The molecular weight excluding hydrogens is 218 g/mol. The summed E-state index contributed by atoms with van der Waals surface area (Å²) in [5.74, 6) is 0. The van der Waals surface area contributed by atoms with Crippen LogP contribution in [-0.2, 0) is 9.47 Å². The van der Waals surface area contributed by atoms with Crippen LogP contribution in [0.1, 0.15) is 41.5 Å². The number of amides is 1. The van der Waals surface area contributed by atoms with Crippen molar-refractivity contribution in [1.29, 1.82) is 0 Å². The Kier molecular flexibility index (Phi) is 4.07. The van der Waals surface area contributed by atoms with Crippen LogP contribution in [0.4, 0.5) is 4.79 Å². The Labute approximate surface area is 104 Å². The van der Waals surface area contributed by atoms with Crippen molar-refractivity contribution in [3.8, 4) is 0 Å². The molecule has 0 aromatic rings. The Morgan fingerprint density at radius 1 is 1.24 bits per heavy atom. The summed E-state index contributed by atoms with van der Waals surface area (Å²) in [6.45, 7) is 13.8. The maximum absolute atomic E-state index is 11.9. The van der Waals surface area contributed by atoms with Gasteiger partial charge in [-0.05, 0) is 26.2 Å². The number of nitrogens with zero attached hydrogens (tertiary/aromatic N) is 1. The Morgan fingerprint density at radius 3 is 2.29 bits per heavy atom. The van der Waals surface area contributed by atoms with E-state index in [2.05, 4.69) is 20.8 Å². The van der Waals surface area contributed by atoms with E-state index in [1.807, 2.05) is 20.8 Å². The molecule has 0 saturated carbocycles. The predicted octanol–water partition coefficient (Wildman–Crippen LogP) is 2.67. The molecule has 1 aliphatic rings. The van der Waals surface area contributed by atoms with Gasteiger partial charge in [0.1, 0.15) is 5.60 Å². The van der Waals surface area contributed by atoms with Crippen LogP contribution < -0.4 is 0 Å². The Bertz CT molecular complexity index is 275. The van der Waals surface area contributed by atoms with Gasteiger partial charge < -0.3 is 14.4 Å². The summed E-state index contributed by atoms with van der Waals surface area (Å²) in [5.41, 5.74) is -0.396. The molecule has 0 bridgehead atoms. The number of ether oxygens (including phenoxy) is 2. The van der Waals surface area contributed by atoms with Crippen LogP contribution in [0.25, 0.3) is 0 Å². The van der Waals surface area contributed by atoms with Gasteiger partial charge >= 0.3 is 6.09 Å². The molecule has 1 saturated heterocycles. The van der Waals surface area contributed by atoms with E-state index in [0.717, 1.165) is 0 Å². The fourth-order valence-electron chi connectivity index (χ4n) is 1.67. The zero-order valence-corrected chi connectivity index (χ0v) is 11.9. The molecule has 0 N–H and O–H groups in total. The highest BCUT2D eigenvalue weighted by Gasteiger charge is 2.34. The van der Waals surface area contributed by atoms with Crippen molar-refractivity contribution < 1.29 is 14.3 Å². The SMILES string of the molecule is CC(C)(C)OC(=O)N1CCOC(C(C)(C)C)C1. The minimum absolute atomic E-state index is 0.0423. The van der Waals surface area contributed by atoms with Gasteiger partial charge in [-0.1, -0.05) is 20.8 Å². The number of rotatable bonds is 0. The lowest BCUT2D eigenvalue weighted by atomic mass is 9.88. The molecule has 1 atom stereocenters. The highest BCUT2D eigenvalue weighted by atomic mass is 16.6. The first kappa shape index (κ1) is 14.3. The second-order valence-electron chi connectivity index (χ2n) is 6.65. The van der Waals surface area contributed by atoms with Crippen molar-refractivity contribution >= 4 is 6.09 Å². The van der Waals surface area contributed by atoms with Gasteiger partial charge in [0.25, 0.3) is 0 Å². The van der Waals surface area contributed by atoms with Gasteiger partial charge in [-0.3, -0.25) is 0 Å². The maximum atomic E-state index is 11.9. The van der Waals surface area contributed by atoms with Gasteiger partial charge in [0.15, 0.2) is 0 Å². The molecule has 1 fully saturated rings. The smallest absolute Gasteiger partial charge is 0.410 e. The van der Waals surface area contributed by atoms with Crippen LogP contribution in [0.5, 0.6) is 0 Å². The summed E-state index contributed by atoms with van der Waals surface area (Å²) >= 11 is 0. The largest absolute Gasteiger partial charge is 0.444 e. The Morgan fingerprint density at radius 2 is 1.82 bits per heavy atom. The second kappa shape index (κ2) is 4.84. The molecular formula is C13H25NO3. The molecule has 4 heteroatoms. The minimum Gasteiger partial charge on any atom is -0.444 e. The molecule has 1 amide bonds. The van der Waals surface area contributed by atoms with Crippen molar-refractivity contribution in [2.24, 2.45) is 5.41 Å². The summed E-state index contributed by atoms with van der Waals surface area (Å²) in [5, 5.41) is 0. The fraction of sp³-hybridized carbons (Fsp3) is 0.923. The van der Waals surface area contributed by atoms with Crippen LogP contribution in [0, 0.1) is 5.41 Å². The third-order valence-electron chi connectivity index (χ3n) is 2.68. The van der Waals surface area contributed by atoms with Crippen LogP contribution in [0.3, 0.4) is 0 Å². The first-order valence-corrected chi connectivity index (χ1v) is 6.19. The number of carbonyl (C=O) groups excluding carboxylic acids is 1. The van der Waals surface area contributed by atoms with Gasteiger partial charge in [-0.25, -0.2) is 4.79 Å². The lowest BCUT2D eigenvalue weighted by Crippen LogP contribution is -2.51. The second-order valence-corrected chi connectivity index (χ2v) is 6.65. The quantitative estimate of drug-likeness (QED) is 0.656. The van der Waals surface area contributed by atoms with Gasteiger partial charge in [-0.15, -0.1) is 0 Å². The zero-order chi connectivity index (χ0) is 13.3. The van der Waals surface area contributed by atoms with E-state index in [1.54, 1.807) is 4.90 Å². The topological polar surface area (TPSA) is 38.8 Å². The molecule has 100 valence electrons. The van der Waals surface area contributed by atoms with Gasteiger partial charge in [-0.2, -0.15) is 0 Å². The highest BCUT2D eigenvalue weighted by Crippen LogP contribution is 2.26. The normalized spacial score (nSPS) is 22.5. The lowest BCUT2D eigenvalue weighted by Gasteiger charge is -2.39. The molecule has 4 nitrogen and oxygen atoms in total. The third kappa shape index (κ3) is 4.54. The van der Waals surface area contributed by atoms with Crippen LogP contribution in [0.15, 0.2) is 0 Å². The average molecular weight is 243 g/mol. The fourth-order valence-corrected chi connectivity index (χ4v) is 1.67. The van der Waals surface area contributed by atoms with Crippen LogP contribution in [-0.4, -0.2) is 42.4 Å². The van der Waals surface area contributed by atoms with E-state index < -0.39 is 5.60 Å². The van der Waals surface area contributed by atoms with E-state index in [1.165, 1.54) is 0 Å². The predicted molar refractivity (Wildman–Crippen MR) is 67.0 cm³/mol. The summed E-state index contributed by atoms with van der Waals surface area (Å²) in [6.07, 6.45) is -0.168. The van der Waals surface area contributed by atoms with Crippen molar-refractivity contribution in [2.45, 2.75) is 53.2 Å².